The SMILES string of the molecule is COCCCN1C(=O)CC[C@H]2CN(c3cc(C(N)=O)ccn3)CC[C@H]21. The third-order valence-electron chi connectivity index (χ3n) is 5.24. The maximum atomic E-state index is 12.3. The highest BCUT2D eigenvalue weighted by Gasteiger charge is 2.39. The third-order valence-corrected chi connectivity index (χ3v) is 5.24. The van der Waals surface area contributed by atoms with E-state index in [1.165, 1.54) is 0 Å². The van der Waals surface area contributed by atoms with Gasteiger partial charge >= 0.3 is 0 Å². The van der Waals surface area contributed by atoms with Crippen LogP contribution in [0, 0.1) is 5.92 Å². The number of nitrogens with zero attached hydrogens (tertiary/aromatic N) is 3. The maximum Gasteiger partial charge on any atom is 0.248 e. The van der Waals surface area contributed by atoms with Crippen molar-refractivity contribution in [3.8, 4) is 0 Å². The molecule has 2 amide bonds. The zero-order valence-electron chi connectivity index (χ0n) is 14.7. The van der Waals surface area contributed by atoms with Crippen molar-refractivity contribution in [1.82, 2.24) is 9.88 Å². The second-order valence-corrected chi connectivity index (χ2v) is 6.80. The number of likely N-dealkylation sites (tertiary alicyclic amines) is 1. The summed E-state index contributed by atoms with van der Waals surface area (Å²) in [6, 6.07) is 3.69. The van der Waals surface area contributed by atoms with Gasteiger partial charge in [0.1, 0.15) is 5.82 Å². The first-order valence-electron chi connectivity index (χ1n) is 8.89. The molecule has 2 atom stereocenters. The van der Waals surface area contributed by atoms with Crippen LogP contribution in [0.15, 0.2) is 18.3 Å². The smallest absolute Gasteiger partial charge is 0.248 e. The molecule has 3 rings (SSSR count). The fourth-order valence-corrected chi connectivity index (χ4v) is 3.97. The van der Waals surface area contributed by atoms with Gasteiger partial charge in [0.15, 0.2) is 0 Å². The molecule has 0 aromatic carbocycles. The van der Waals surface area contributed by atoms with Gasteiger partial charge in [-0.25, -0.2) is 4.98 Å². The van der Waals surface area contributed by atoms with Gasteiger partial charge in [-0.3, -0.25) is 9.59 Å². The fraction of sp³-hybridized carbons (Fsp3) is 0.611. The highest BCUT2D eigenvalue weighted by molar-refractivity contribution is 5.93. The molecule has 0 saturated carbocycles. The van der Waals surface area contributed by atoms with Crippen molar-refractivity contribution in [2.75, 3.05) is 38.3 Å². The molecule has 0 aliphatic carbocycles. The van der Waals surface area contributed by atoms with Gasteiger partial charge in [0.25, 0.3) is 0 Å². The minimum atomic E-state index is -0.439. The molecule has 2 aliphatic rings. The molecule has 0 bridgehead atoms. The van der Waals surface area contributed by atoms with Gasteiger partial charge in [0.05, 0.1) is 0 Å². The number of nitrogens with two attached hydrogens (primary N) is 1. The number of fused-ring (bicyclic) bond motifs is 1. The maximum absolute atomic E-state index is 12.3. The van der Waals surface area contributed by atoms with Crippen molar-refractivity contribution in [2.45, 2.75) is 31.7 Å². The Kier molecular flexibility index (Phi) is 5.53. The lowest BCUT2D eigenvalue weighted by molar-refractivity contribution is -0.139. The lowest BCUT2D eigenvalue weighted by Gasteiger charge is -2.47. The van der Waals surface area contributed by atoms with Crippen LogP contribution in [-0.4, -0.2) is 61.1 Å². The van der Waals surface area contributed by atoms with E-state index in [4.69, 9.17) is 10.5 Å². The predicted molar refractivity (Wildman–Crippen MR) is 94.3 cm³/mol. The Morgan fingerprint density at radius 2 is 2.28 bits per heavy atom. The molecular formula is C18H26N4O3. The summed E-state index contributed by atoms with van der Waals surface area (Å²) in [6.45, 7) is 3.12. The minimum Gasteiger partial charge on any atom is -0.385 e. The van der Waals surface area contributed by atoms with E-state index in [0.29, 0.717) is 30.6 Å². The van der Waals surface area contributed by atoms with Gasteiger partial charge in [-0.1, -0.05) is 0 Å². The molecule has 2 N–H and O–H groups in total. The van der Waals surface area contributed by atoms with Crippen molar-refractivity contribution < 1.29 is 14.3 Å². The Balaban J connectivity index is 1.68. The van der Waals surface area contributed by atoms with Crippen LogP contribution in [0.2, 0.25) is 0 Å². The molecule has 0 unspecified atom stereocenters. The molecule has 136 valence electrons. The van der Waals surface area contributed by atoms with E-state index in [1.807, 2.05) is 0 Å². The Morgan fingerprint density at radius 1 is 1.44 bits per heavy atom. The predicted octanol–water partition coefficient (Wildman–Crippen LogP) is 1.03. The van der Waals surface area contributed by atoms with Crippen molar-refractivity contribution >= 4 is 17.6 Å². The summed E-state index contributed by atoms with van der Waals surface area (Å²) in [7, 11) is 1.69. The van der Waals surface area contributed by atoms with Gasteiger partial charge in [-0.05, 0) is 37.3 Å². The van der Waals surface area contributed by atoms with Gasteiger partial charge in [0, 0.05) is 57.6 Å². The van der Waals surface area contributed by atoms with Crippen molar-refractivity contribution in [1.29, 1.82) is 0 Å². The van der Waals surface area contributed by atoms with Crippen LogP contribution in [0.25, 0.3) is 0 Å². The fourth-order valence-electron chi connectivity index (χ4n) is 3.97. The number of amides is 2. The largest absolute Gasteiger partial charge is 0.385 e. The molecule has 3 heterocycles. The van der Waals surface area contributed by atoms with Crippen LogP contribution in [0.5, 0.6) is 0 Å². The number of hydrogen-bond donors (Lipinski definition) is 1. The molecule has 0 radical (unpaired) electrons. The summed E-state index contributed by atoms with van der Waals surface area (Å²) in [4.78, 5) is 32.4. The Hall–Kier alpha value is -2.15. The van der Waals surface area contributed by atoms with Crippen LogP contribution in [0.4, 0.5) is 5.82 Å². The van der Waals surface area contributed by atoms with Crippen molar-refractivity contribution in [2.24, 2.45) is 11.7 Å². The number of carbonyl (C=O) groups is 2. The number of aromatic nitrogens is 1. The summed E-state index contributed by atoms with van der Waals surface area (Å²) in [6.07, 6.45) is 4.94. The molecule has 1 aromatic rings. The summed E-state index contributed by atoms with van der Waals surface area (Å²) >= 11 is 0. The Bertz CT molecular complexity index is 637. The average Bonchev–Trinajstić information content (AvgIpc) is 2.63. The van der Waals surface area contributed by atoms with Crippen LogP contribution in [0.3, 0.4) is 0 Å². The van der Waals surface area contributed by atoms with Gasteiger partial charge in [0.2, 0.25) is 11.8 Å². The van der Waals surface area contributed by atoms with Gasteiger partial charge in [-0.2, -0.15) is 0 Å². The van der Waals surface area contributed by atoms with E-state index in [-0.39, 0.29) is 5.91 Å². The topological polar surface area (TPSA) is 88.8 Å². The summed E-state index contributed by atoms with van der Waals surface area (Å²) in [5, 5.41) is 0. The molecular weight excluding hydrogens is 320 g/mol. The number of pyridine rings is 1. The molecule has 25 heavy (non-hydrogen) atoms. The van der Waals surface area contributed by atoms with E-state index in [0.717, 1.165) is 44.7 Å². The third kappa shape index (κ3) is 3.92. The van der Waals surface area contributed by atoms with Crippen LogP contribution < -0.4 is 10.6 Å². The molecule has 0 spiro atoms. The zero-order valence-corrected chi connectivity index (χ0v) is 14.7. The summed E-state index contributed by atoms with van der Waals surface area (Å²) < 4.78 is 5.12. The Labute approximate surface area is 148 Å². The quantitative estimate of drug-likeness (QED) is 0.777. The summed E-state index contributed by atoms with van der Waals surface area (Å²) in [5.41, 5.74) is 5.85. The number of ether oxygens (including phenoxy) is 1. The number of primary amides is 1. The van der Waals surface area contributed by atoms with Crippen molar-refractivity contribution in [3.63, 3.8) is 0 Å². The lowest BCUT2D eigenvalue weighted by atomic mass is 9.83. The second kappa shape index (κ2) is 7.82. The molecule has 1 aromatic heterocycles. The highest BCUT2D eigenvalue weighted by Crippen LogP contribution is 2.33. The standard InChI is InChI=1S/C18H26N4O3/c1-25-10-2-8-22-15-6-9-21(12-14(15)3-4-17(22)23)16-11-13(18(19)24)5-7-20-16/h5,7,11,14-15H,2-4,6,8-10,12H2,1H3,(H2,19,24)/t14-,15+/m0/s1. The highest BCUT2D eigenvalue weighted by atomic mass is 16.5. The van der Waals surface area contributed by atoms with Gasteiger partial charge < -0.3 is 20.3 Å². The van der Waals surface area contributed by atoms with Crippen LogP contribution >= 0.6 is 0 Å². The van der Waals surface area contributed by atoms with E-state index in [2.05, 4.69) is 14.8 Å². The molecule has 2 fully saturated rings. The molecule has 2 saturated heterocycles. The second-order valence-electron chi connectivity index (χ2n) is 6.80. The number of methoxy groups -OCH3 is 1. The van der Waals surface area contributed by atoms with E-state index in [9.17, 15) is 9.59 Å². The monoisotopic (exact) mass is 346 g/mol. The number of piperidine rings is 2. The Morgan fingerprint density at radius 3 is 3.04 bits per heavy atom. The number of rotatable bonds is 6. The average molecular weight is 346 g/mol. The van der Waals surface area contributed by atoms with Crippen LogP contribution in [-0.2, 0) is 9.53 Å². The number of anilines is 1. The number of hydrogen-bond acceptors (Lipinski definition) is 5. The summed E-state index contributed by atoms with van der Waals surface area (Å²) in [5.74, 6) is 1.05. The van der Waals surface area contributed by atoms with Crippen LogP contribution in [0.1, 0.15) is 36.0 Å². The van der Waals surface area contributed by atoms with E-state index >= 15 is 0 Å². The van der Waals surface area contributed by atoms with Gasteiger partial charge in [-0.15, -0.1) is 0 Å². The first kappa shape index (κ1) is 17.7. The zero-order chi connectivity index (χ0) is 17.8. The lowest BCUT2D eigenvalue weighted by Crippen LogP contribution is -2.56. The molecule has 7 heteroatoms. The van der Waals surface area contributed by atoms with E-state index < -0.39 is 5.91 Å². The molecule has 2 aliphatic heterocycles. The minimum absolute atomic E-state index is 0.264. The number of carbonyl (C=O) groups excluding carboxylic acids is 2. The van der Waals surface area contributed by atoms with Crippen molar-refractivity contribution in [3.05, 3.63) is 23.9 Å². The normalized spacial score (nSPS) is 23.5. The van der Waals surface area contributed by atoms with E-state index in [1.54, 1.807) is 25.4 Å². The first-order valence-corrected chi connectivity index (χ1v) is 8.89. The molecule has 7 nitrogen and oxygen atoms in total. The first-order chi connectivity index (χ1) is 12.1.